The molecule has 0 aliphatic carbocycles. The first kappa shape index (κ1) is 20.3. The van der Waals surface area contributed by atoms with Crippen LogP contribution in [0.3, 0.4) is 0 Å². The smallest absolute Gasteiger partial charge is 0.239 e. The van der Waals surface area contributed by atoms with Gasteiger partial charge in [0.2, 0.25) is 11.8 Å². The second-order valence-electron chi connectivity index (χ2n) is 6.52. The molecule has 0 radical (unpaired) electrons. The van der Waals surface area contributed by atoms with Gasteiger partial charge < -0.3 is 15.4 Å². The molecule has 0 saturated heterocycles. The fraction of sp³-hybridized carbons (Fsp3) is 0.250. The van der Waals surface area contributed by atoms with Gasteiger partial charge in [-0.15, -0.1) is 0 Å². The van der Waals surface area contributed by atoms with Gasteiger partial charge in [-0.1, -0.05) is 11.6 Å². The number of nitrogens with zero attached hydrogens (tertiary/aromatic N) is 1. The van der Waals surface area contributed by atoms with Gasteiger partial charge in [-0.05, 0) is 56.7 Å². The van der Waals surface area contributed by atoms with Gasteiger partial charge in [0.05, 0.1) is 24.4 Å². The van der Waals surface area contributed by atoms with Crippen LogP contribution in [-0.4, -0.2) is 18.9 Å². The molecule has 0 spiro atoms. The number of rotatable bonds is 5. The standard InChI is InChI=1S/C20H20ClN3O3/c1-12-9-16(17(27-4)10-15(12)21)24-19(26)20(2,3)18(25)23-14-7-5-13(11-22)6-8-14/h5-10H,1-4H3,(H,23,25)(H,24,26). The molecule has 27 heavy (non-hydrogen) atoms. The number of carbonyl (C=O) groups is 2. The molecule has 0 atom stereocenters. The predicted octanol–water partition coefficient (Wildman–Crippen LogP) is 4.13. The van der Waals surface area contributed by atoms with E-state index in [1.165, 1.54) is 21.0 Å². The number of anilines is 2. The molecule has 0 saturated carbocycles. The number of carbonyl (C=O) groups excluding carboxylic acids is 2. The second-order valence-corrected chi connectivity index (χ2v) is 6.93. The maximum atomic E-state index is 12.7. The fourth-order valence-electron chi connectivity index (χ4n) is 2.23. The fourth-order valence-corrected chi connectivity index (χ4v) is 2.38. The molecule has 0 unspecified atom stereocenters. The zero-order chi connectivity index (χ0) is 20.2. The van der Waals surface area contributed by atoms with Crippen molar-refractivity contribution in [2.75, 3.05) is 17.7 Å². The minimum Gasteiger partial charge on any atom is -0.495 e. The molecule has 0 bridgehead atoms. The van der Waals surface area contributed by atoms with Gasteiger partial charge in [-0.25, -0.2) is 0 Å². The first-order chi connectivity index (χ1) is 12.7. The molecule has 2 N–H and O–H groups in total. The lowest BCUT2D eigenvalue weighted by atomic mass is 9.90. The molecule has 7 heteroatoms. The Labute approximate surface area is 163 Å². The minimum atomic E-state index is -1.35. The van der Waals surface area contributed by atoms with Gasteiger partial charge in [-0.2, -0.15) is 5.26 Å². The average Bonchev–Trinajstić information content (AvgIpc) is 2.64. The maximum Gasteiger partial charge on any atom is 0.239 e. The van der Waals surface area contributed by atoms with E-state index in [0.29, 0.717) is 27.7 Å². The highest BCUT2D eigenvalue weighted by atomic mass is 35.5. The molecular formula is C20H20ClN3O3. The lowest BCUT2D eigenvalue weighted by Gasteiger charge is -2.23. The number of aryl methyl sites for hydroxylation is 1. The van der Waals surface area contributed by atoms with Crippen LogP contribution in [0.5, 0.6) is 5.75 Å². The van der Waals surface area contributed by atoms with Crippen molar-refractivity contribution >= 4 is 34.8 Å². The van der Waals surface area contributed by atoms with Crippen molar-refractivity contribution in [2.45, 2.75) is 20.8 Å². The third kappa shape index (κ3) is 4.57. The van der Waals surface area contributed by atoms with Gasteiger partial charge in [0.15, 0.2) is 0 Å². The number of amides is 2. The number of methoxy groups -OCH3 is 1. The number of ether oxygens (including phenoxy) is 1. The summed E-state index contributed by atoms with van der Waals surface area (Å²) in [6.07, 6.45) is 0. The van der Waals surface area contributed by atoms with E-state index in [-0.39, 0.29) is 0 Å². The van der Waals surface area contributed by atoms with Crippen molar-refractivity contribution in [1.82, 2.24) is 0 Å². The summed E-state index contributed by atoms with van der Waals surface area (Å²) in [6, 6.07) is 11.7. The van der Waals surface area contributed by atoms with Crippen molar-refractivity contribution in [3.8, 4) is 11.8 Å². The summed E-state index contributed by atoms with van der Waals surface area (Å²) in [6.45, 7) is 4.85. The van der Waals surface area contributed by atoms with E-state index in [2.05, 4.69) is 10.6 Å². The predicted molar refractivity (Wildman–Crippen MR) is 105 cm³/mol. The van der Waals surface area contributed by atoms with Gasteiger partial charge >= 0.3 is 0 Å². The molecule has 0 aliphatic heterocycles. The topological polar surface area (TPSA) is 91.2 Å². The molecule has 0 aromatic heterocycles. The zero-order valence-corrected chi connectivity index (χ0v) is 16.3. The van der Waals surface area contributed by atoms with Crippen molar-refractivity contribution in [3.63, 3.8) is 0 Å². The van der Waals surface area contributed by atoms with E-state index < -0.39 is 17.2 Å². The van der Waals surface area contributed by atoms with E-state index in [4.69, 9.17) is 21.6 Å². The van der Waals surface area contributed by atoms with E-state index in [1.54, 1.807) is 43.3 Å². The maximum absolute atomic E-state index is 12.7. The van der Waals surface area contributed by atoms with Crippen LogP contribution in [0.1, 0.15) is 25.0 Å². The molecule has 140 valence electrons. The zero-order valence-electron chi connectivity index (χ0n) is 15.5. The van der Waals surface area contributed by atoms with Crippen molar-refractivity contribution in [2.24, 2.45) is 5.41 Å². The Morgan fingerprint density at radius 1 is 1.11 bits per heavy atom. The Morgan fingerprint density at radius 2 is 1.70 bits per heavy atom. The van der Waals surface area contributed by atoms with E-state index in [0.717, 1.165) is 5.56 Å². The first-order valence-corrected chi connectivity index (χ1v) is 8.54. The Hall–Kier alpha value is -3.04. The summed E-state index contributed by atoms with van der Waals surface area (Å²) in [5.74, 6) is -0.565. The Morgan fingerprint density at radius 3 is 2.26 bits per heavy atom. The number of nitriles is 1. The highest BCUT2D eigenvalue weighted by Gasteiger charge is 2.36. The van der Waals surface area contributed by atoms with Crippen LogP contribution in [0.25, 0.3) is 0 Å². The number of benzene rings is 2. The van der Waals surface area contributed by atoms with Crippen LogP contribution in [0.2, 0.25) is 5.02 Å². The second kappa shape index (κ2) is 8.11. The molecule has 2 amide bonds. The van der Waals surface area contributed by atoms with Crippen molar-refractivity contribution in [1.29, 1.82) is 5.26 Å². The molecule has 0 aliphatic rings. The summed E-state index contributed by atoms with van der Waals surface area (Å²) in [7, 11) is 1.47. The summed E-state index contributed by atoms with van der Waals surface area (Å²) in [5.41, 5.74) is 0.832. The molecule has 0 heterocycles. The Kier molecular flexibility index (Phi) is 6.09. The summed E-state index contributed by atoms with van der Waals surface area (Å²) in [5, 5.41) is 14.8. The average molecular weight is 386 g/mol. The van der Waals surface area contributed by atoms with E-state index >= 15 is 0 Å². The van der Waals surface area contributed by atoms with Crippen LogP contribution in [0.15, 0.2) is 36.4 Å². The van der Waals surface area contributed by atoms with Crippen LogP contribution in [0, 0.1) is 23.7 Å². The van der Waals surface area contributed by atoms with Crippen LogP contribution in [-0.2, 0) is 9.59 Å². The molecule has 6 nitrogen and oxygen atoms in total. The van der Waals surface area contributed by atoms with Gasteiger partial charge in [0, 0.05) is 16.8 Å². The highest BCUT2D eigenvalue weighted by molar-refractivity contribution is 6.31. The quantitative estimate of drug-likeness (QED) is 0.757. The molecule has 2 aromatic rings. The van der Waals surface area contributed by atoms with Crippen LogP contribution >= 0.6 is 11.6 Å². The van der Waals surface area contributed by atoms with E-state index in [1.807, 2.05) is 6.07 Å². The number of hydrogen-bond donors (Lipinski definition) is 2. The summed E-state index contributed by atoms with van der Waals surface area (Å²) in [4.78, 5) is 25.3. The van der Waals surface area contributed by atoms with Crippen LogP contribution < -0.4 is 15.4 Å². The number of halogens is 1. The van der Waals surface area contributed by atoms with Crippen molar-refractivity contribution < 1.29 is 14.3 Å². The largest absolute Gasteiger partial charge is 0.495 e. The lowest BCUT2D eigenvalue weighted by molar-refractivity contribution is -0.135. The molecule has 2 aromatic carbocycles. The first-order valence-electron chi connectivity index (χ1n) is 8.16. The summed E-state index contributed by atoms with van der Waals surface area (Å²) >= 11 is 6.08. The monoisotopic (exact) mass is 385 g/mol. The normalized spacial score (nSPS) is 10.7. The third-order valence-electron chi connectivity index (χ3n) is 4.14. The SMILES string of the molecule is COc1cc(Cl)c(C)cc1NC(=O)C(C)(C)C(=O)Nc1ccc(C#N)cc1. The van der Waals surface area contributed by atoms with Gasteiger partial charge in [0.1, 0.15) is 11.2 Å². The Bertz CT molecular complexity index is 915. The highest BCUT2D eigenvalue weighted by Crippen LogP contribution is 2.32. The third-order valence-corrected chi connectivity index (χ3v) is 4.54. The summed E-state index contributed by atoms with van der Waals surface area (Å²) < 4.78 is 5.25. The van der Waals surface area contributed by atoms with Gasteiger partial charge in [0.25, 0.3) is 0 Å². The van der Waals surface area contributed by atoms with Gasteiger partial charge in [-0.3, -0.25) is 9.59 Å². The van der Waals surface area contributed by atoms with E-state index in [9.17, 15) is 9.59 Å². The molecule has 2 rings (SSSR count). The number of nitrogens with one attached hydrogen (secondary N) is 2. The molecule has 0 fully saturated rings. The Balaban J connectivity index is 2.17. The number of hydrogen-bond acceptors (Lipinski definition) is 4. The van der Waals surface area contributed by atoms with Crippen molar-refractivity contribution in [3.05, 3.63) is 52.5 Å². The van der Waals surface area contributed by atoms with Crippen LogP contribution in [0.4, 0.5) is 11.4 Å². The lowest BCUT2D eigenvalue weighted by Crippen LogP contribution is -2.41. The molecular weight excluding hydrogens is 366 g/mol. The minimum absolute atomic E-state index is 0.405.